The highest BCUT2D eigenvalue weighted by Gasteiger charge is 2.36. The van der Waals surface area contributed by atoms with Crippen LogP contribution >= 0.6 is 0 Å². The number of rotatable bonds is 11. The molecule has 1 aliphatic carbocycles. The lowest BCUT2D eigenvalue weighted by Crippen LogP contribution is -2.14. The van der Waals surface area contributed by atoms with E-state index in [0.717, 1.165) is 0 Å². The Morgan fingerprint density at radius 2 is 0.345 bits per heavy atom. The summed E-state index contributed by atoms with van der Waals surface area (Å²) in [5, 5.41) is 32.9. The number of hydrogen-bond donors (Lipinski definition) is 0. The molecule has 0 aromatic heterocycles. The van der Waals surface area contributed by atoms with Gasteiger partial charge < -0.3 is 0 Å². The Hall–Kier alpha value is -18.5. The van der Waals surface area contributed by atoms with Gasteiger partial charge in [0.15, 0.2) is 0 Å². The van der Waals surface area contributed by atoms with Crippen LogP contribution in [-0.2, 0) is 5.41 Å². The third-order valence-corrected chi connectivity index (χ3v) is 30.9. The molecule has 676 valence electrons. The average molecular weight is 1840 g/mol. The lowest BCUT2D eigenvalue weighted by molar-refractivity contribution is 0.660. The van der Waals surface area contributed by atoms with E-state index in [0.29, 0.717) is 0 Å². The van der Waals surface area contributed by atoms with E-state index < -0.39 is 0 Å². The number of hydrogen-bond acceptors (Lipinski definition) is 0. The zero-order valence-electron chi connectivity index (χ0n) is 80.5. The van der Waals surface area contributed by atoms with Crippen molar-refractivity contribution in [3.05, 3.63) is 557 Å². The zero-order valence-corrected chi connectivity index (χ0v) is 80.5. The topological polar surface area (TPSA) is 0 Å². The van der Waals surface area contributed by atoms with Gasteiger partial charge >= 0.3 is 0 Å². The Kier molecular flexibility index (Phi) is 21.1. The molecule has 0 spiro atoms. The molecule has 29 rings (SSSR count). The molecule has 0 amide bonds. The van der Waals surface area contributed by atoms with Gasteiger partial charge in [-0.3, -0.25) is 0 Å². The standard InChI is InChI=1S/C55H38.C50H32.C40H26/c1-55(2)51-24-10-9-19-43(51)44-31-29-40(34-52(44)55)36-27-25-35(26-28-36)39-30-32-49-50(33-39)54(46-23-12-16-38-14-4-6-18-42(38)46)48-21-8-7-20-47(48)53(49)45-22-11-15-37-13-3-5-17-41(37)45;1-2-14-35(15-3-1)41-28-29-42(44-19-9-8-18-43(41)44)38-26-27-47-48(32-38)50(40-25-23-34-13-5-7-17-37(34)31-40)46-21-11-10-20-45(46)49(47)39-24-22-33-12-4-6-16-36(33)30-39;1-2-12-27(13-3-1)30-24-25-37-38(26-30)40(34-23-11-17-29-15-5-7-19-32(29)34)36-21-9-8-20-35(36)39(37)33-22-10-16-28-14-4-6-18-31(28)33/h3-34H,1-2H3;1-32H;1-26H. The smallest absolute Gasteiger partial charge is 0.0159 e. The predicted molar refractivity (Wildman–Crippen MR) is 624 cm³/mol. The second-order valence-electron chi connectivity index (χ2n) is 39.3. The molecule has 0 fully saturated rings. The van der Waals surface area contributed by atoms with Crippen LogP contribution < -0.4 is 0 Å². The molecule has 1 aliphatic rings. The van der Waals surface area contributed by atoms with Crippen molar-refractivity contribution in [1.29, 1.82) is 0 Å². The first-order valence-corrected chi connectivity index (χ1v) is 50.6. The van der Waals surface area contributed by atoms with Crippen molar-refractivity contribution in [3.63, 3.8) is 0 Å². The lowest BCUT2D eigenvalue weighted by atomic mass is 9.81. The van der Waals surface area contributed by atoms with Crippen molar-refractivity contribution in [2.75, 3.05) is 0 Å². The first-order chi connectivity index (χ1) is 71.7. The maximum Gasteiger partial charge on any atom is 0.0159 e. The molecule has 0 unspecified atom stereocenters. The van der Waals surface area contributed by atoms with Gasteiger partial charge in [-0.05, 0) is 321 Å². The third kappa shape index (κ3) is 14.8. The highest BCUT2D eigenvalue weighted by atomic mass is 14.4. The molecule has 28 aromatic carbocycles. The minimum absolute atomic E-state index is 0.0240. The lowest BCUT2D eigenvalue weighted by Gasteiger charge is -2.22. The van der Waals surface area contributed by atoms with Gasteiger partial charge in [0.25, 0.3) is 0 Å². The van der Waals surface area contributed by atoms with Crippen molar-refractivity contribution in [1.82, 2.24) is 0 Å². The SMILES string of the molecule is CC1(C)c2ccccc2-c2ccc(-c3ccc(-c4ccc5c(-c6cccc7ccccc67)c6ccccc6c(-c6cccc7ccccc67)c5c4)cc3)cc21.c1ccc(-c2ccc(-c3ccc4c(-c5ccc6ccccc6c5)c5ccccc5c(-c5ccc6ccccc6c5)c4c3)c3ccccc23)cc1.c1ccc(-c2ccc3c(-c4cccc5ccccc45)c4ccccc4c(-c4cccc5ccccc45)c3c2)cc1. The molecule has 145 heavy (non-hydrogen) atoms. The Balaban J connectivity index is 0.000000109. The Labute approximate surface area is 843 Å². The second kappa shape index (κ2) is 35.7. The summed E-state index contributed by atoms with van der Waals surface area (Å²) in [6.45, 7) is 4.71. The molecule has 0 heterocycles. The maximum absolute atomic E-state index is 2.45. The van der Waals surface area contributed by atoms with Crippen LogP contribution in [0.5, 0.6) is 0 Å². The van der Waals surface area contributed by atoms with Crippen LogP contribution in [0.2, 0.25) is 0 Å². The second-order valence-corrected chi connectivity index (χ2v) is 39.3. The summed E-state index contributed by atoms with van der Waals surface area (Å²) in [5.41, 5.74) is 33.1. The molecule has 0 atom stereocenters. The van der Waals surface area contributed by atoms with Crippen molar-refractivity contribution in [3.8, 4) is 134 Å². The van der Waals surface area contributed by atoms with E-state index in [1.807, 2.05) is 0 Å². The summed E-state index contributed by atoms with van der Waals surface area (Å²) in [7, 11) is 0. The predicted octanol–water partition coefficient (Wildman–Crippen LogP) is 40.7. The molecule has 0 saturated carbocycles. The fourth-order valence-corrected chi connectivity index (χ4v) is 24.1. The first kappa shape index (κ1) is 85.7. The Bertz CT molecular complexity index is 10100. The van der Waals surface area contributed by atoms with Gasteiger partial charge in [0, 0.05) is 5.41 Å². The van der Waals surface area contributed by atoms with E-state index in [2.05, 4.69) is 560 Å². The van der Waals surface area contributed by atoms with E-state index in [1.54, 1.807) is 0 Å². The molecular formula is C145H96. The summed E-state index contributed by atoms with van der Waals surface area (Å²) in [6, 6.07) is 201. The van der Waals surface area contributed by atoms with Gasteiger partial charge in [0.2, 0.25) is 0 Å². The summed E-state index contributed by atoms with van der Waals surface area (Å²) in [5.74, 6) is 0. The van der Waals surface area contributed by atoms with Crippen LogP contribution in [-0.4, -0.2) is 0 Å². The third-order valence-electron chi connectivity index (χ3n) is 30.9. The molecule has 0 bridgehead atoms. The summed E-state index contributed by atoms with van der Waals surface area (Å²) in [4.78, 5) is 0. The average Bonchev–Trinajstić information content (AvgIpc) is 1.61. The van der Waals surface area contributed by atoms with E-state index in [-0.39, 0.29) is 5.41 Å². The van der Waals surface area contributed by atoms with E-state index >= 15 is 0 Å². The van der Waals surface area contributed by atoms with Gasteiger partial charge in [0.05, 0.1) is 0 Å². The fraction of sp³-hybridized carbons (Fsp3) is 0.0207. The van der Waals surface area contributed by atoms with Crippen LogP contribution in [0.4, 0.5) is 0 Å². The van der Waals surface area contributed by atoms with Gasteiger partial charge in [0.1, 0.15) is 0 Å². The van der Waals surface area contributed by atoms with E-state index in [9.17, 15) is 0 Å². The molecule has 0 saturated heterocycles. The van der Waals surface area contributed by atoms with Crippen LogP contribution in [0.25, 0.3) is 274 Å². The summed E-state index contributed by atoms with van der Waals surface area (Å²) >= 11 is 0. The summed E-state index contributed by atoms with van der Waals surface area (Å²) in [6.07, 6.45) is 0. The minimum atomic E-state index is -0.0240. The number of benzene rings is 28. The number of fused-ring (bicyclic) bond motifs is 16. The molecule has 28 aromatic rings. The maximum atomic E-state index is 2.45. The molecule has 0 nitrogen and oxygen atoms in total. The largest absolute Gasteiger partial charge is 0.0622 e. The van der Waals surface area contributed by atoms with Gasteiger partial charge in [-0.25, -0.2) is 0 Å². The van der Waals surface area contributed by atoms with Gasteiger partial charge in [-0.15, -0.1) is 0 Å². The Morgan fingerprint density at radius 3 is 0.772 bits per heavy atom. The van der Waals surface area contributed by atoms with Crippen LogP contribution in [0.3, 0.4) is 0 Å². The fourth-order valence-electron chi connectivity index (χ4n) is 24.1. The van der Waals surface area contributed by atoms with Crippen LogP contribution in [0.15, 0.2) is 546 Å². The van der Waals surface area contributed by atoms with E-state index in [4.69, 9.17) is 0 Å². The molecule has 0 radical (unpaired) electrons. The normalized spacial score (nSPS) is 12.1. The van der Waals surface area contributed by atoms with Crippen molar-refractivity contribution >= 4 is 140 Å². The molecular weight excluding hydrogens is 1740 g/mol. The molecule has 0 N–H and O–H groups in total. The highest BCUT2D eigenvalue weighted by Crippen LogP contribution is 2.55. The van der Waals surface area contributed by atoms with Gasteiger partial charge in [-0.2, -0.15) is 0 Å². The van der Waals surface area contributed by atoms with Gasteiger partial charge in [-0.1, -0.05) is 523 Å². The minimum Gasteiger partial charge on any atom is -0.0622 e. The highest BCUT2D eigenvalue weighted by molar-refractivity contribution is 6.29. The zero-order chi connectivity index (χ0) is 96.2. The first-order valence-electron chi connectivity index (χ1n) is 50.6. The van der Waals surface area contributed by atoms with Crippen LogP contribution in [0.1, 0.15) is 25.0 Å². The monoisotopic (exact) mass is 1840 g/mol. The quantitative estimate of drug-likeness (QED) is 0.113. The van der Waals surface area contributed by atoms with Crippen molar-refractivity contribution in [2.45, 2.75) is 19.3 Å². The molecule has 0 aliphatic heterocycles. The molecule has 0 heteroatoms. The van der Waals surface area contributed by atoms with Crippen molar-refractivity contribution < 1.29 is 0 Å². The van der Waals surface area contributed by atoms with E-state index in [1.165, 1.54) is 285 Å². The van der Waals surface area contributed by atoms with Crippen LogP contribution in [0, 0.1) is 0 Å². The summed E-state index contributed by atoms with van der Waals surface area (Å²) < 4.78 is 0. The Morgan fingerprint density at radius 1 is 0.103 bits per heavy atom. The van der Waals surface area contributed by atoms with Crippen molar-refractivity contribution in [2.24, 2.45) is 0 Å².